The molecule has 94 valence electrons. The largest absolute Gasteiger partial charge is 0.350 e. The topological polar surface area (TPSA) is 92.3 Å². The molecule has 0 radical (unpaired) electrons. The minimum Gasteiger partial charge on any atom is -0.350 e. The van der Waals surface area contributed by atoms with Gasteiger partial charge in [-0.25, -0.2) is 9.97 Å². The number of anilines is 1. The van der Waals surface area contributed by atoms with Crippen LogP contribution in [0.1, 0.15) is 5.56 Å². The third kappa shape index (κ3) is 2.71. The van der Waals surface area contributed by atoms with E-state index in [1.165, 1.54) is 5.56 Å². The van der Waals surface area contributed by atoms with Crippen molar-refractivity contribution in [1.82, 2.24) is 30.6 Å². The second kappa shape index (κ2) is 5.21. The molecule has 0 aliphatic carbocycles. The van der Waals surface area contributed by atoms with Crippen molar-refractivity contribution < 1.29 is 0 Å². The van der Waals surface area contributed by atoms with Crippen LogP contribution in [0.2, 0.25) is 0 Å². The Hall–Kier alpha value is -2.83. The van der Waals surface area contributed by atoms with Crippen molar-refractivity contribution >= 4 is 5.95 Å². The fourth-order valence-electron chi connectivity index (χ4n) is 1.60. The Bertz CT molecular complexity index is 619. The number of rotatable bonds is 4. The maximum atomic E-state index is 4.21. The SMILES string of the molecule is c1ccc(CNc2ncc(-c3nn[nH]n3)cn2)cc1. The van der Waals surface area contributed by atoms with Gasteiger partial charge in [-0.2, -0.15) is 5.21 Å². The number of hydrogen-bond acceptors (Lipinski definition) is 6. The number of benzene rings is 1. The number of aromatic nitrogens is 6. The van der Waals surface area contributed by atoms with Crippen molar-refractivity contribution in [2.45, 2.75) is 6.54 Å². The van der Waals surface area contributed by atoms with Crippen LogP contribution in [-0.2, 0) is 6.54 Å². The molecule has 0 aliphatic heterocycles. The molecule has 0 bridgehead atoms. The molecule has 0 unspecified atom stereocenters. The lowest BCUT2D eigenvalue weighted by Crippen LogP contribution is -2.03. The zero-order valence-corrected chi connectivity index (χ0v) is 9.98. The molecule has 19 heavy (non-hydrogen) atoms. The van der Waals surface area contributed by atoms with E-state index >= 15 is 0 Å². The van der Waals surface area contributed by atoms with E-state index in [2.05, 4.69) is 35.9 Å². The second-order valence-electron chi connectivity index (χ2n) is 3.87. The lowest BCUT2D eigenvalue weighted by molar-refractivity contribution is 0.881. The van der Waals surface area contributed by atoms with Crippen molar-refractivity contribution in [3.05, 3.63) is 48.3 Å². The summed E-state index contributed by atoms with van der Waals surface area (Å²) >= 11 is 0. The number of aromatic amines is 1. The van der Waals surface area contributed by atoms with E-state index in [4.69, 9.17) is 0 Å². The van der Waals surface area contributed by atoms with Gasteiger partial charge in [-0.15, -0.1) is 10.2 Å². The summed E-state index contributed by atoms with van der Waals surface area (Å²) in [7, 11) is 0. The second-order valence-corrected chi connectivity index (χ2v) is 3.87. The molecule has 0 amide bonds. The standard InChI is InChI=1S/C12H11N7/c1-2-4-9(5-3-1)6-13-12-14-7-10(8-15-12)11-16-18-19-17-11/h1-5,7-8H,6H2,(H,13,14,15)(H,16,17,18,19). The minimum atomic E-state index is 0.481. The van der Waals surface area contributed by atoms with E-state index in [-0.39, 0.29) is 0 Å². The average molecular weight is 253 g/mol. The van der Waals surface area contributed by atoms with Crippen LogP contribution in [-0.4, -0.2) is 30.6 Å². The predicted molar refractivity (Wildman–Crippen MR) is 69.0 cm³/mol. The van der Waals surface area contributed by atoms with Gasteiger partial charge in [0.1, 0.15) is 0 Å². The van der Waals surface area contributed by atoms with Crippen LogP contribution in [0, 0.1) is 0 Å². The fourth-order valence-corrected chi connectivity index (χ4v) is 1.60. The van der Waals surface area contributed by atoms with Crippen LogP contribution in [0.4, 0.5) is 5.95 Å². The molecule has 2 heterocycles. The molecule has 1 aromatic carbocycles. The third-order valence-electron chi connectivity index (χ3n) is 2.55. The summed E-state index contributed by atoms with van der Waals surface area (Å²) in [5.74, 6) is 1.05. The summed E-state index contributed by atoms with van der Waals surface area (Å²) < 4.78 is 0. The first-order valence-corrected chi connectivity index (χ1v) is 5.75. The highest BCUT2D eigenvalue weighted by Crippen LogP contribution is 2.11. The third-order valence-corrected chi connectivity index (χ3v) is 2.55. The van der Waals surface area contributed by atoms with Gasteiger partial charge in [0, 0.05) is 18.9 Å². The van der Waals surface area contributed by atoms with Crippen molar-refractivity contribution in [3.8, 4) is 11.4 Å². The summed E-state index contributed by atoms with van der Waals surface area (Å²) in [5.41, 5.74) is 1.90. The maximum absolute atomic E-state index is 4.21. The summed E-state index contributed by atoms with van der Waals surface area (Å²) in [6, 6.07) is 10.1. The molecule has 0 aliphatic rings. The van der Waals surface area contributed by atoms with E-state index in [0.717, 1.165) is 5.56 Å². The van der Waals surface area contributed by atoms with Crippen molar-refractivity contribution in [3.63, 3.8) is 0 Å². The molecule has 2 N–H and O–H groups in total. The summed E-state index contributed by atoms with van der Waals surface area (Å²) in [5, 5.41) is 16.7. The average Bonchev–Trinajstić information content (AvgIpc) is 3.01. The number of nitrogens with one attached hydrogen (secondary N) is 2. The van der Waals surface area contributed by atoms with Crippen molar-refractivity contribution in [2.24, 2.45) is 0 Å². The van der Waals surface area contributed by atoms with Crippen LogP contribution in [0.5, 0.6) is 0 Å². The van der Waals surface area contributed by atoms with Gasteiger partial charge in [0.15, 0.2) is 0 Å². The molecule has 0 spiro atoms. The Labute approximate surface area is 109 Å². The Morgan fingerprint density at radius 2 is 1.84 bits per heavy atom. The zero-order chi connectivity index (χ0) is 12.9. The van der Waals surface area contributed by atoms with Gasteiger partial charge in [-0.3, -0.25) is 0 Å². The van der Waals surface area contributed by atoms with Crippen LogP contribution in [0.3, 0.4) is 0 Å². The van der Waals surface area contributed by atoms with Gasteiger partial charge >= 0.3 is 0 Å². The van der Waals surface area contributed by atoms with Crippen LogP contribution < -0.4 is 5.32 Å². The monoisotopic (exact) mass is 253 g/mol. The molecule has 0 fully saturated rings. The lowest BCUT2D eigenvalue weighted by atomic mass is 10.2. The molecule has 0 saturated heterocycles. The number of nitrogens with zero attached hydrogens (tertiary/aromatic N) is 5. The fraction of sp³-hybridized carbons (Fsp3) is 0.0833. The summed E-state index contributed by atoms with van der Waals surface area (Å²) in [6.45, 7) is 0.683. The van der Waals surface area contributed by atoms with Crippen molar-refractivity contribution in [2.75, 3.05) is 5.32 Å². The van der Waals surface area contributed by atoms with Gasteiger partial charge in [0.05, 0.1) is 5.56 Å². The van der Waals surface area contributed by atoms with Gasteiger partial charge in [-0.05, 0) is 10.8 Å². The van der Waals surface area contributed by atoms with Crippen LogP contribution >= 0.6 is 0 Å². The number of tetrazole rings is 1. The smallest absolute Gasteiger partial charge is 0.222 e. The summed E-state index contributed by atoms with van der Waals surface area (Å²) in [6.07, 6.45) is 3.32. The first-order chi connectivity index (χ1) is 9.42. The van der Waals surface area contributed by atoms with Crippen molar-refractivity contribution in [1.29, 1.82) is 0 Å². The lowest BCUT2D eigenvalue weighted by Gasteiger charge is -2.04. The molecular formula is C12H11N7. The quantitative estimate of drug-likeness (QED) is 0.727. The summed E-state index contributed by atoms with van der Waals surface area (Å²) in [4.78, 5) is 8.41. The van der Waals surface area contributed by atoms with Crippen LogP contribution in [0.25, 0.3) is 11.4 Å². The molecule has 0 atom stereocenters. The molecule has 3 aromatic rings. The first-order valence-electron chi connectivity index (χ1n) is 5.75. The molecule has 7 nitrogen and oxygen atoms in total. The van der Waals surface area contributed by atoms with E-state index in [0.29, 0.717) is 18.3 Å². The molecule has 0 saturated carbocycles. The normalized spacial score (nSPS) is 10.3. The Balaban J connectivity index is 1.67. The first kappa shape index (κ1) is 11.3. The van der Waals surface area contributed by atoms with Gasteiger partial charge in [0.25, 0.3) is 0 Å². The van der Waals surface area contributed by atoms with Gasteiger partial charge < -0.3 is 5.32 Å². The highest BCUT2D eigenvalue weighted by molar-refractivity contribution is 5.51. The van der Waals surface area contributed by atoms with Gasteiger partial charge in [-0.1, -0.05) is 30.3 Å². The van der Waals surface area contributed by atoms with E-state index in [1.807, 2.05) is 30.3 Å². The highest BCUT2D eigenvalue weighted by Gasteiger charge is 2.04. The van der Waals surface area contributed by atoms with E-state index in [1.54, 1.807) is 12.4 Å². The molecule has 2 aromatic heterocycles. The van der Waals surface area contributed by atoms with E-state index < -0.39 is 0 Å². The maximum Gasteiger partial charge on any atom is 0.222 e. The number of H-pyrrole nitrogens is 1. The minimum absolute atomic E-state index is 0.481. The Morgan fingerprint density at radius 1 is 1.05 bits per heavy atom. The highest BCUT2D eigenvalue weighted by atomic mass is 15.5. The van der Waals surface area contributed by atoms with Crippen LogP contribution in [0.15, 0.2) is 42.7 Å². The Kier molecular flexibility index (Phi) is 3.09. The zero-order valence-electron chi connectivity index (χ0n) is 9.98. The molecule has 3 rings (SSSR count). The van der Waals surface area contributed by atoms with Gasteiger partial charge in [0.2, 0.25) is 11.8 Å². The molecule has 7 heteroatoms. The van der Waals surface area contributed by atoms with E-state index in [9.17, 15) is 0 Å². The predicted octanol–water partition coefficient (Wildman–Crippen LogP) is 1.27. The molecular weight excluding hydrogens is 242 g/mol. The number of hydrogen-bond donors (Lipinski definition) is 2. The Morgan fingerprint density at radius 3 is 2.53 bits per heavy atom.